The highest BCUT2D eigenvalue weighted by molar-refractivity contribution is 7.80. The maximum Gasteiger partial charge on any atom is 0.255 e. The van der Waals surface area contributed by atoms with Crippen LogP contribution in [0.25, 0.3) is 0 Å². The molecule has 0 saturated heterocycles. The van der Waals surface area contributed by atoms with Crippen molar-refractivity contribution < 1.29 is 9.59 Å². The summed E-state index contributed by atoms with van der Waals surface area (Å²) in [6, 6.07) is 3.44. The van der Waals surface area contributed by atoms with Gasteiger partial charge in [0.25, 0.3) is 5.91 Å². The first-order valence-corrected chi connectivity index (χ1v) is 7.13. The van der Waals surface area contributed by atoms with Crippen LogP contribution < -0.4 is 11.1 Å². The van der Waals surface area contributed by atoms with E-state index in [2.05, 4.69) is 10.3 Å². The predicted molar refractivity (Wildman–Crippen MR) is 84.8 cm³/mol. The van der Waals surface area contributed by atoms with Crippen LogP contribution in [0.5, 0.6) is 0 Å². The van der Waals surface area contributed by atoms with Crippen LogP contribution in [0.1, 0.15) is 30.1 Å². The van der Waals surface area contributed by atoms with E-state index in [1.807, 2.05) is 0 Å². The highest BCUT2D eigenvalue weighted by Gasteiger charge is 2.15. The molecule has 0 aliphatic carbocycles. The van der Waals surface area contributed by atoms with Crippen molar-refractivity contribution in [2.45, 2.75) is 19.8 Å². The van der Waals surface area contributed by atoms with Gasteiger partial charge in [0.05, 0.1) is 10.6 Å². The first-order chi connectivity index (χ1) is 10.0. The lowest BCUT2D eigenvalue weighted by Crippen LogP contribution is -2.36. The van der Waals surface area contributed by atoms with E-state index < -0.39 is 0 Å². The van der Waals surface area contributed by atoms with Gasteiger partial charge in [-0.2, -0.15) is 0 Å². The molecule has 1 heterocycles. The molecule has 0 unspecified atom stereocenters. The normalized spacial score (nSPS) is 9.95. The lowest BCUT2D eigenvalue weighted by molar-refractivity contribution is -0.118. The lowest BCUT2D eigenvalue weighted by Gasteiger charge is -2.22. The Bertz CT molecular complexity index is 493. The number of thiocarbonyl (C=S) groups is 1. The van der Waals surface area contributed by atoms with Crippen LogP contribution in [0.3, 0.4) is 0 Å². The molecule has 0 aliphatic heterocycles. The van der Waals surface area contributed by atoms with Crippen molar-refractivity contribution in [1.29, 1.82) is 0 Å². The van der Waals surface area contributed by atoms with Crippen molar-refractivity contribution in [1.82, 2.24) is 15.2 Å². The van der Waals surface area contributed by atoms with E-state index in [4.69, 9.17) is 18.0 Å². The summed E-state index contributed by atoms with van der Waals surface area (Å²) in [5.41, 5.74) is 6.03. The number of pyridine rings is 1. The number of carbonyl (C=O) groups excluding carboxylic acids is 2. The van der Waals surface area contributed by atoms with E-state index in [9.17, 15) is 9.59 Å². The maximum atomic E-state index is 12.4. The standard InChI is InChI=1S/C14H20N4O2S/c1-11(19)17-7-3-8-18(9-5-13(15)21)14(20)12-4-2-6-16-10-12/h2,4,6,10H,3,5,7-9H2,1H3,(H2,15,21)(H,17,19). The van der Waals surface area contributed by atoms with E-state index in [-0.39, 0.29) is 11.8 Å². The number of hydrogen-bond donors (Lipinski definition) is 2. The highest BCUT2D eigenvalue weighted by Crippen LogP contribution is 2.05. The zero-order valence-electron chi connectivity index (χ0n) is 12.0. The first-order valence-electron chi connectivity index (χ1n) is 6.72. The second-order valence-electron chi connectivity index (χ2n) is 4.59. The Morgan fingerprint density at radius 3 is 2.76 bits per heavy atom. The number of nitrogens with zero attached hydrogens (tertiary/aromatic N) is 2. The van der Waals surface area contributed by atoms with Crippen molar-refractivity contribution >= 4 is 29.0 Å². The summed E-state index contributed by atoms with van der Waals surface area (Å²) in [5.74, 6) is -0.189. The fraction of sp³-hybridized carbons (Fsp3) is 0.429. The van der Waals surface area contributed by atoms with E-state index >= 15 is 0 Å². The molecule has 114 valence electrons. The quantitative estimate of drug-likeness (QED) is 0.546. The summed E-state index contributed by atoms with van der Waals surface area (Å²) in [4.78, 5) is 29.2. The summed E-state index contributed by atoms with van der Waals surface area (Å²) < 4.78 is 0. The summed E-state index contributed by atoms with van der Waals surface area (Å²) in [7, 11) is 0. The summed E-state index contributed by atoms with van der Waals surface area (Å²) >= 11 is 4.86. The van der Waals surface area contributed by atoms with Gasteiger partial charge in [0.15, 0.2) is 0 Å². The summed E-state index contributed by atoms with van der Waals surface area (Å²) in [6.07, 6.45) is 4.29. The summed E-state index contributed by atoms with van der Waals surface area (Å²) in [6.45, 7) is 2.98. The molecule has 0 atom stereocenters. The fourth-order valence-electron chi connectivity index (χ4n) is 1.77. The largest absolute Gasteiger partial charge is 0.393 e. The number of hydrogen-bond acceptors (Lipinski definition) is 4. The molecule has 0 saturated carbocycles. The number of nitrogens with two attached hydrogens (primary N) is 1. The number of aromatic nitrogens is 1. The van der Waals surface area contributed by atoms with Crippen LogP contribution in [0.4, 0.5) is 0 Å². The smallest absolute Gasteiger partial charge is 0.255 e. The van der Waals surface area contributed by atoms with Crippen molar-refractivity contribution in [3.8, 4) is 0 Å². The fourth-order valence-corrected chi connectivity index (χ4v) is 1.86. The third-order valence-corrected chi connectivity index (χ3v) is 3.01. The zero-order valence-corrected chi connectivity index (χ0v) is 12.9. The van der Waals surface area contributed by atoms with Gasteiger partial charge in [-0.05, 0) is 18.6 Å². The Labute approximate surface area is 129 Å². The number of rotatable bonds is 8. The predicted octanol–water partition coefficient (Wildman–Crippen LogP) is 0.726. The molecular formula is C14H20N4O2S. The van der Waals surface area contributed by atoms with Crippen molar-refractivity contribution in [2.75, 3.05) is 19.6 Å². The molecule has 6 nitrogen and oxygen atoms in total. The SMILES string of the molecule is CC(=O)NCCCN(CCC(N)=S)C(=O)c1cccnc1. The van der Waals surface area contributed by atoms with Crippen molar-refractivity contribution in [3.05, 3.63) is 30.1 Å². The molecule has 0 aliphatic rings. The molecule has 0 aromatic carbocycles. The third-order valence-electron chi connectivity index (χ3n) is 2.80. The first kappa shape index (κ1) is 17.0. The van der Waals surface area contributed by atoms with E-state index in [1.165, 1.54) is 13.1 Å². The molecule has 1 aromatic rings. The van der Waals surface area contributed by atoms with Gasteiger partial charge in [0.2, 0.25) is 5.91 Å². The van der Waals surface area contributed by atoms with Crippen molar-refractivity contribution in [2.24, 2.45) is 5.73 Å². The molecule has 0 fully saturated rings. The van der Waals surface area contributed by atoms with Crippen LogP contribution in [0, 0.1) is 0 Å². The average Bonchev–Trinajstić information content (AvgIpc) is 2.46. The Morgan fingerprint density at radius 2 is 2.19 bits per heavy atom. The van der Waals surface area contributed by atoms with Gasteiger partial charge >= 0.3 is 0 Å². The van der Waals surface area contributed by atoms with Gasteiger partial charge < -0.3 is 16.0 Å². The van der Waals surface area contributed by atoms with E-state index in [1.54, 1.807) is 23.2 Å². The van der Waals surface area contributed by atoms with E-state index in [0.29, 0.717) is 43.0 Å². The Morgan fingerprint density at radius 1 is 1.43 bits per heavy atom. The second kappa shape index (κ2) is 9.02. The van der Waals surface area contributed by atoms with E-state index in [0.717, 1.165) is 0 Å². The second-order valence-corrected chi connectivity index (χ2v) is 5.11. The summed E-state index contributed by atoms with van der Waals surface area (Å²) in [5, 5.41) is 2.70. The van der Waals surface area contributed by atoms with Crippen LogP contribution in [-0.4, -0.2) is 46.3 Å². The molecule has 0 radical (unpaired) electrons. The number of amides is 2. The topological polar surface area (TPSA) is 88.3 Å². The van der Waals surface area contributed by atoms with Gasteiger partial charge in [-0.15, -0.1) is 0 Å². The Balaban J connectivity index is 2.60. The molecule has 1 aromatic heterocycles. The van der Waals surface area contributed by atoms with Crippen LogP contribution in [0.2, 0.25) is 0 Å². The molecule has 0 bridgehead atoms. The number of carbonyl (C=O) groups is 2. The third kappa shape index (κ3) is 6.80. The molecule has 7 heteroatoms. The minimum atomic E-state index is -0.109. The van der Waals surface area contributed by atoms with Crippen molar-refractivity contribution in [3.63, 3.8) is 0 Å². The minimum absolute atomic E-state index is 0.0803. The molecule has 21 heavy (non-hydrogen) atoms. The molecular weight excluding hydrogens is 288 g/mol. The van der Waals surface area contributed by atoms with Crippen LogP contribution >= 0.6 is 12.2 Å². The molecule has 2 amide bonds. The minimum Gasteiger partial charge on any atom is -0.393 e. The van der Waals surface area contributed by atoms with Crippen LogP contribution in [0.15, 0.2) is 24.5 Å². The van der Waals surface area contributed by atoms with Gasteiger partial charge in [-0.1, -0.05) is 12.2 Å². The lowest BCUT2D eigenvalue weighted by atomic mass is 10.2. The average molecular weight is 308 g/mol. The van der Waals surface area contributed by atoms with Gasteiger partial charge in [0.1, 0.15) is 0 Å². The van der Waals surface area contributed by atoms with Gasteiger partial charge in [-0.3, -0.25) is 14.6 Å². The maximum absolute atomic E-state index is 12.4. The Hall–Kier alpha value is -2.02. The van der Waals surface area contributed by atoms with Gasteiger partial charge in [0, 0.05) is 45.4 Å². The molecule has 1 rings (SSSR count). The monoisotopic (exact) mass is 308 g/mol. The molecule has 0 spiro atoms. The van der Waals surface area contributed by atoms with Crippen LogP contribution in [-0.2, 0) is 4.79 Å². The Kier molecular flexibility index (Phi) is 7.31. The number of nitrogens with one attached hydrogen (secondary N) is 1. The van der Waals surface area contributed by atoms with Gasteiger partial charge in [-0.25, -0.2) is 0 Å². The highest BCUT2D eigenvalue weighted by atomic mass is 32.1. The molecule has 3 N–H and O–H groups in total. The zero-order chi connectivity index (χ0) is 15.7.